The Hall–Kier alpha value is -1.82. The number of hydrogen-bond acceptors (Lipinski definition) is 6. The Balaban J connectivity index is 1.74. The van der Waals surface area contributed by atoms with Gasteiger partial charge in [-0.15, -0.1) is 10.2 Å². The summed E-state index contributed by atoms with van der Waals surface area (Å²) in [7, 11) is 0. The van der Waals surface area contributed by atoms with E-state index in [1.807, 2.05) is 37.3 Å². The molecular formula is C13H12N2O3S. The van der Waals surface area contributed by atoms with Crippen LogP contribution in [0.1, 0.15) is 13.3 Å². The second kappa shape index (κ2) is 5.05. The number of benzene rings is 1. The summed E-state index contributed by atoms with van der Waals surface area (Å²) in [5, 5.41) is 8.08. The van der Waals surface area contributed by atoms with Crippen molar-refractivity contribution in [3.63, 3.8) is 0 Å². The molecule has 0 unspecified atom stereocenters. The van der Waals surface area contributed by atoms with Gasteiger partial charge in [0, 0.05) is 12.0 Å². The summed E-state index contributed by atoms with van der Waals surface area (Å²) in [6, 6.07) is 9.53. The Labute approximate surface area is 114 Å². The average molecular weight is 276 g/mol. The molecule has 6 heteroatoms. The number of rotatable bonds is 3. The molecule has 98 valence electrons. The van der Waals surface area contributed by atoms with Crippen molar-refractivity contribution >= 4 is 17.7 Å². The summed E-state index contributed by atoms with van der Waals surface area (Å²) < 4.78 is 10.6. The lowest BCUT2D eigenvalue weighted by Gasteiger charge is -1.99. The van der Waals surface area contributed by atoms with Crippen molar-refractivity contribution in [1.29, 1.82) is 0 Å². The summed E-state index contributed by atoms with van der Waals surface area (Å²) in [6.07, 6.45) is 0.633. The monoisotopic (exact) mass is 276 g/mol. The third-order valence-electron chi connectivity index (χ3n) is 2.80. The van der Waals surface area contributed by atoms with Gasteiger partial charge in [0.1, 0.15) is 11.4 Å². The van der Waals surface area contributed by atoms with Crippen LogP contribution >= 0.6 is 11.8 Å². The maximum atomic E-state index is 11.5. The smallest absolute Gasteiger partial charge is 0.320 e. The van der Waals surface area contributed by atoms with Crippen LogP contribution in [0, 0.1) is 0 Å². The topological polar surface area (TPSA) is 65.2 Å². The van der Waals surface area contributed by atoms with Crippen molar-refractivity contribution in [3.8, 4) is 11.5 Å². The first-order valence-corrected chi connectivity index (χ1v) is 6.86. The number of esters is 1. The minimum absolute atomic E-state index is 0.0403. The van der Waals surface area contributed by atoms with E-state index in [0.717, 1.165) is 5.56 Å². The maximum absolute atomic E-state index is 11.5. The van der Waals surface area contributed by atoms with Crippen molar-refractivity contribution in [2.75, 3.05) is 0 Å². The zero-order valence-corrected chi connectivity index (χ0v) is 11.1. The van der Waals surface area contributed by atoms with Crippen LogP contribution in [0.2, 0.25) is 0 Å². The second-order valence-electron chi connectivity index (χ2n) is 4.33. The van der Waals surface area contributed by atoms with E-state index in [1.165, 1.54) is 11.8 Å². The predicted octanol–water partition coefficient (Wildman–Crippen LogP) is 2.53. The molecule has 1 saturated heterocycles. The molecule has 0 amide bonds. The quantitative estimate of drug-likeness (QED) is 0.803. The number of nitrogens with zero attached hydrogens (tertiary/aromatic N) is 2. The van der Waals surface area contributed by atoms with E-state index in [9.17, 15) is 4.79 Å². The van der Waals surface area contributed by atoms with E-state index in [-0.39, 0.29) is 17.3 Å². The first kappa shape index (κ1) is 12.2. The van der Waals surface area contributed by atoms with Crippen LogP contribution in [-0.2, 0) is 9.53 Å². The number of thioether (sulfide) groups is 1. The third-order valence-corrected chi connectivity index (χ3v) is 3.83. The lowest BCUT2D eigenvalue weighted by molar-refractivity contribution is -0.140. The highest BCUT2D eigenvalue weighted by Crippen LogP contribution is 2.32. The van der Waals surface area contributed by atoms with E-state index in [2.05, 4.69) is 10.2 Å². The molecule has 2 atom stereocenters. The van der Waals surface area contributed by atoms with E-state index >= 15 is 0 Å². The molecule has 0 radical (unpaired) electrons. The minimum Gasteiger partial charge on any atom is -0.462 e. The lowest BCUT2D eigenvalue weighted by atomic mass is 10.2. The standard InChI is InChI=1S/C13H12N2O3S/c1-8-7-10(12(16)17-8)19-13-15-14-11(18-13)9-5-3-2-4-6-9/h2-6,8,10H,7H2,1H3/t8-,10-/m0/s1. The molecule has 0 saturated carbocycles. The van der Waals surface area contributed by atoms with Gasteiger partial charge in [-0.3, -0.25) is 4.79 Å². The Bertz CT molecular complexity index is 585. The van der Waals surface area contributed by atoms with Crippen molar-refractivity contribution < 1.29 is 13.9 Å². The van der Waals surface area contributed by atoms with Gasteiger partial charge in [0.05, 0.1) is 0 Å². The van der Waals surface area contributed by atoms with Gasteiger partial charge < -0.3 is 9.15 Å². The zero-order chi connectivity index (χ0) is 13.2. The van der Waals surface area contributed by atoms with Crippen LogP contribution in [-0.4, -0.2) is 27.5 Å². The molecule has 0 spiro atoms. The molecule has 1 aliphatic rings. The Morgan fingerprint density at radius 1 is 1.26 bits per heavy atom. The van der Waals surface area contributed by atoms with Crippen LogP contribution in [0.25, 0.3) is 11.5 Å². The van der Waals surface area contributed by atoms with Crippen LogP contribution in [0.4, 0.5) is 0 Å². The Morgan fingerprint density at radius 3 is 2.74 bits per heavy atom. The van der Waals surface area contributed by atoms with Crippen LogP contribution in [0.15, 0.2) is 40.0 Å². The summed E-state index contributed by atoms with van der Waals surface area (Å²) >= 11 is 1.26. The number of carbonyl (C=O) groups excluding carboxylic acids is 1. The Morgan fingerprint density at radius 2 is 2.05 bits per heavy atom. The normalized spacial score (nSPS) is 22.5. The fourth-order valence-electron chi connectivity index (χ4n) is 1.89. The van der Waals surface area contributed by atoms with Gasteiger partial charge in [0.25, 0.3) is 5.22 Å². The molecule has 1 aliphatic heterocycles. The molecule has 1 aromatic heterocycles. The first-order chi connectivity index (χ1) is 9.22. The predicted molar refractivity (Wildman–Crippen MR) is 69.6 cm³/mol. The zero-order valence-electron chi connectivity index (χ0n) is 10.3. The van der Waals surface area contributed by atoms with E-state index in [4.69, 9.17) is 9.15 Å². The second-order valence-corrected chi connectivity index (χ2v) is 5.48. The SMILES string of the molecule is C[C@H]1C[C@H](Sc2nnc(-c3ccccc3)o2)C(=O)O1. The van der Waals surface area contributed by atoms with Gasteiger partial charge in [-0.05, 0) is 30.8 Å². The number of carbonyl (C=O) groups is 1. The van der Waals surface area contributed by atoms with Crippen molar-refractivity contribution in [2.24, 2.45) is 0 Å². The number of ether oxygens (including phenoxy) is 1. The summed E-state index contributed by atoms with van der Waals surface area (Å²) in [5.41, 5.74) is 0.865. The third kappa shape index (κ3) is 2.63. The molecule has 1 aromatic carbocycles. The number of hydrogen-bond donors (Lipinski definition) is 0. The largest absolute Gasteiger partial charge is 0.462 e. The van der Waals surface area contributed by atoms with Crippen LogP contribution in [0.5, 0.6) is 0 Å². The fourth-order valence-corrected chi connectivity index (χ4v) is 2.87. The molecule has 0 bridgehead atoms. The highest BCUT2D eigenvalue weighted by atomic mass is 32.2. The Kier molecular flexibility index (Phi) is 3.25. The van der Waals surface area contributed by atoms with Gasteiger partial charge in [-0.25, -0.2) is 0 Å². The first-order valence-electron chi connectivity index (χ1n) is 5.98. The number of aromatic nitrogens is 2. The van der Waals surface area contributed by atoms with Gasteiger partial charge in [-0.1, -0.05) is 18.2 Å². The summed E-state index contributed by atoms with van der Waals surface area (Å²) in [5.74, 6) is 0.250. The molecule has 3 rings (SSSR count). The highest BCUT2D eigenvalue weighted by molar-refractivity contribution is 8.00. The van der Waals surface area contributed by atoms with Crippen LogP contribution < -0.4 is 0 Å². The van der Waals surface area contributed by atoms with Crippen molar-refractivity contribution in [1.82, 2.24) is 10.2 Å². The molecule has 0 N–H and O–H groups in total. The molecule has 1 fully saturated rings. The van der Waals surface area contributed by atoms with Crippen molar-refractivity contribution in [3.05, 3.63) is 30.3 Å². The lowest BCUT2D eigenvalue weighted by Crippen LogP contribution is -2.09. The molecule has 0 aliphatic carbocycles. The number of cyclic esters (lactones) is 1. The van der Waals surface area contributed by atoms with Gasteiger partial charge in [-0.2, -0.15) is 0 Å². The summed E-state index contributed by atoms with van der Waals surface area (Å²) in [6.45, 7) is 1.88. The van der Waals surface area contributed by atoms with Gasteiger partial charge in [0.2, 0.25) is 5.89 Å². The van der Waals surface area contributed by atoms with Gasteiger partial charge >= 0.3 is 5.97 Å². The van der Waals surface area contributed by atoms with Crippen molar-refractivity contribution in [2.45, 2.75) is 29.9 Å². The molecule has 19 heavy (non-hydrogen) atoms. The van der Waals surface area contributed by atoms with E-state index in [0.29, 0.717) is 17.5 Å². The molecular weight excluding hydrogens is 264 g/mol. The molecule has 5 nitrogen and oxygen atoms in total. The highest BCUT2D eigenvalue weighted by Gasteiger charge is 2.34. The minimum atomic E-state index is -0.251. The average Bonchev–Trinajstić information content (AvgIpc) is 2.99. The van der Waals surface area contributed by atoms with E-state index in [1.54, 1.807) is 0 Å². The van der Waals surface area contributed by atoms with E-state index < -0.39 is 0 Å². The van der Waals surface area contributed by atoms with Crippen LogP contribution in [0.3, 0.4) is 0 Å². The molecule has 2 heterocycles. The fraction of sp³-hybridized carbons (Fsp3) is 0.308. The summed E-state index contributed by atoms with van der Waals surface area (Å²) in [4.78, 5) is 11.5. The maximum Gasteiger partial charge on any atom is 0.320 e. The van der Waals surface area contributed by atoms with Gasteiger partial charge in [0.15, 0.2) is 0 Å². The molecule has 2 aromatic rings.